The second-order valence-electron chi connectivity index (χ2n) is 9.41. The summed E-state index contributed by atoms with van der Waals surface area (Å²) in [6, 6.07) is 0. The van der Waals surface area contributed by atoms with Crippen LogP contribution >= 0.6 is 15.9 Å². The predicted octanol–water partition coefficient (Wildman–Crippen LogP) is 7.75. The summed E-state index contributed by atoms with van der Waals surface area (Å²) < 4.78 is 19.5. The van der Waals surface area contributed by atoms with Crippen molar-refractivity contribution in [3.05, 3.63) is 34.9 Å². The standard InChI is InChI=1S/C24H43BrO3Si/c1-17(2)27-24-12-10-11-23(28-24)14-13-22(25)15-21(9)16-26-29(18(3)4,19(5)6)20(7)8/h10,12-15,17-21,23-24H,11,16H2,1-9H3/b14-13+,22-15-/t21-,23+,24+/m0/s1. The summed E-state index contributed by atoms with van der Waals surface area (Å²) >= 11 is 3.69. The van der Waals surface area contributed by atoms with Gasteiger partial charge in [-0.15, -0.1) is 0 Å². The van der Waals surface area contributed by atoms with Gasteiger partial charge in [-0.25, -0.2) is 0 Å². The Morgan fingerprint density at radius 2 is 1.66 bits per heavy atom. The van der Waals surface area contributed by atoms with Crippen molar-refractivity contribution in [1.82, 2.24) is 0 Å². The van der Waals surface area contributed by atoms with Crippen LogP contribution in [0.3, 0.4) is 0 Å². The van der Waals surface area contributed by atoms with Crippen molar-refractivity contribution in [3.8, 4) is 0 Å². The molecular weight excluding hydrogens is 444 g/mol. The van der Waals surface area contributed by atoms with Crippen LogP contribution in [0.5, 0.6) is 0 Å². The monoisotopic (exact) mass is 486 g/mol. The quantitative estimate of drug-likeness (QED) is 0.169. The van der Waals surface area contributed by atoms with Crippen LogP contribution in [0.2, 0.25) is 16.6 Å². The zero-order valence-corrected chi connectivity index (χ0v) is 22.5. The van der Waals surface area contributed by atoms with E-state index >= 15 is 0 Å². The number of halogens is 1. The molecule has 5 heteroatoms. The molecule has 0 aromatic carbocycles. The van der Waals surface area contributed by atoms with Crippen molar-refractivity contribution in [2.75, 3.05) is 6.61 Å². The maximum absolute atomic E-state index is 6.72. The third-order valence-corrected chi connectivity index (χ3v) is 12.2. The van der Waals surface area contributed by atoms with Crippen LogP contribution in [0.1, 0.15) is 68.7 Å². The first-order valence-corrected chi connectivity index (χ1v) is 14.1. The van der Waals surface area contributed by atoms with Gasteiger partial charge in [-0.2, -0.15) is 0 Å². The van der Waals surface area contributed by atoms with Crippen LogP contribution in [-0.2, 0) is 13.9 Å². The Labute approximate surface area is 189 Å². The van der Waals surface area contributed by atoms with Crippen molar-refractivity contribution in [3.63, 3.8) is 0 Å². The van der Waals surface area contributed by atoms with Crippen molar-refractivity contribution in [2.24, 2.45) is 5.92 Å². The molecule has 0 saturated carbocycles. The number of ether oxygens (including phenoxy) is 2. The summed E-state index contributed by atoms with van der Waals surface area (Å²) in [7, 11) is -1.81. The molecule has 0 N–H and O–H groups in total. The smallest absolute Gasteiger partial charge is 0.200 e. The van der Waals surface area contributed by atoms with Gasteiger partial charge in [0.15, 0.2) is 14.6 Å². The molecule has 0 spiro atoms. The zero-order chi connectivity index (χ0) is 22.2. The first-order valence-electron chi connectivity index (χ1n) is 11.2. The average molecular weight is 488 g/mol. The summed E-state index contributed by atoms with van der Waals surface area (Å²) in [5, 5.41) is 0. The summed E-state index contributed by atoms with van der Waals surface area (Å²) in [6.07, 6.45) is 11.4. The molecule has 0 unspecified atom stereocenters. The van der Waals surface area contributed by atoms with E-state index in [2.05, 4.69) is 88.7 Å². The normalized spacial score (nSPS) is 22.6. The number of allylic oxidation sites excluding steroid dienone is 2. The molecule has 3 atom stereocenters. The Hall–Kier alpha value is -0.203. The van der Waals surface area contributed by atoms with Crippen molar-refractivity contribution in [2.45, 2.75) is 104 Å². The third kappa shape index (κ3) is 8.45. The van der Waals surface area contributed by atoms with Gasteiger partial charge in [-0.05, 0) is 55.0 Å². The molecule has 0 fully saturated rings. The molecule has 0 aliphatic carbocycles. The summed E-state index contributed by atoms with van der Waals surface area (Å²) in [4.78, 5) is 0. The van der Waals surface area contributed by atoms with E-state index in [1.807, 2.05) is 19.9 Å². The Kier molecular flexibility index (Phi) is 11.7. The van der Waals surface area contributed by atoms with E-state index in [4.69, 9.17) is 13.9 Å². The molecule has 1 rings (SSSR count). The first-order chi connectivity index (χ1) is 13.5. The molecule has 0 aromatic rings. The van der Waals surface area contributed by atoms with Gasteiger partial charge in [0, 0.05) is 11.1 Å². The van der Waals surface area contributed by atoms with Gasteiger partial charge >= 0.3 is 0 Å². The van der Waals surface area contributed by atoms with Gasteiger partial charge < -0.3 is 13.9 Å². The molecular formula is C24H43BrO3Si. The lowest BCUT2D eigenvalue weighted by atomic mass is 10.1. The second kappa shape index (κ2) is 12.6. The fourth-order valence-electron chi connectivity index (χ4n) is 4.42. The second-order valence-corrected chi connectivity index (χ2v) is 15.8. The van der Waals surface area contributed by atoms with Gasteiger partial charge in [0.25, 0.3) is 0 Å². The maximum Gasteiger partial charge on any atom is 0.200 e. The molecule has 1 aliphatic rings. The Morgan fingerprint density at radius 3 is 2.17 bits per heavy atom. The fraction of sp³-hybridized carbons (Fsp3) is 0.750. The Bertz CT molecular complexity index is 545. The topological polar surface area (TPSA) is 27.7 Å². The fourth-order valence-corrected chi connectivity index (χ4v) is 10.6. The van der Waals surface area contributed by atoms with Gasteiger partial charge in [-0.3, -0.25) is 0 Å². The van der Waals surface area contributed by atoms with Crippen molar-refractivity contribution >= 4 is 24.2 Å². The van der Waals surface area contributed by atoms with E-state index in [9.17, 15) is 0 Å². The predicted molar refractivity (Wildman–Crippen MR) is 131 cm³/mol. The molecule has 0 amide bonds. The van der Waals surface area contributed by atoms with E-state index in [0.717, 1.165) is 17.5 Å². The highest BCUT2D eigenvalue weighted by Crippen LogP contribution is 2.42. The van der Waals surface area contributed by atoms with E-state index in [0.29, 0.717) is 22.5 Å². The summed E-state index contributed by atoms with van der Waals surface area (Å²) in [5.41, 5.74) is 1.83. The highest BCUT2D eigenvalue weighted by atomic mass is 79.9. The average Bonchev–Trinajstić information content (AvgIpc) is 2.59. The molecule has 0 radical (unpaired) electrons. The Balaban J connectivity index is 2.66. The highest BCUT2D eigenvalue weighted by Gasteiger charge is 2.45. The number of hydrogen-bond donors (Lipinski definition) is 0. The van der Waals surface area contributed by atoms with Crippen molar-refractivity contribution < 1.29 is 13.9 Å². The molecule has 0 aromatic heterocycles. The Morgan fingerprint density at radius 1 is 1.07 bits per heavy atom. The van der Waals surface area contributed by atoms with Crippen LogP contribution in [0, 0.1) is 5.92 Å². The lowest BCUT2D eigenvalue weighted by Gasteiger charge is -2.42. The minimum Gasteiger partial charge on any atom is -0.415 e. The minimum absolute atomic E-state index is 0.0409. The van der Waals surface area contributed by atoms with Gasteiger partial charge in [-0.1, -0.05) is 82.6 Å². The van der Waals surface area contributed by atoms with Gasteiger partial charge in [0.05, 0.1) is 12.2 Å². The van der Waals surface area contributed by atoms with Crippen LogP contribution < -0.4 is 0 Å². The highest BCUT2D eigenvalue weighted by molar-refractivity contribution is 9.11. The molecule has 29 heavy (non-hydrogen) atoms. The SMILES string of the molecule is CC(C)O[C@H]1C=CC[C@H](/C=C/C(Br)=C/[C@H](C)CO[Si](C(C)C)(C(C)C)C(C)C)O1. The number of rotatable bonds is 11. The molecule has 168 valence electrons. The van der Waals surface area contributed by atoms with Crippen LogP contribution in [-0.4, -0.2) is 33.4 Å². The van der Waals surface area contributed by atoms with E-state index in [1.165, 1.54) is 0 Å². The van der Waals surface area contributed by atoms with Gasteiger partial charge in [0.1, 0.15) is 0 Å². The molecule has 3 nitrogen and oxygen atoms in total. The first kappa shape index (κ1) is 26.8. The van der Waals surface area contributed by atoms with E-state index in [1.54, 1.807) is 0 Å². The molecule has 1 aliphatic heterocycles. The van der Waals surface area contributed by atoms with E-state index < -0.39 is 8.32 Å². The minimum atomic E-state index is -1.81. The zero-order valence-electron chi connectivity index (χ0n) is 19.9. The van der Waals surface area contributed by atoms with Crippen LogP contribution in [0.25, 0.3) is 0 Å². The maximum atomic E-state index is 6.72. The largest absolute Gasteiger partial charge is 0.415 e. The third-order valence-electron chi connectivity index (χ3n) is 5.59. The van der Waals surface area contributed by atoms with Crippen molar-refractivity contribution in [1.29, 1.82) is 0 Å². The lowest BCUT2D eigenvalue weighted by molar-refractivity contribution is -0.154. The number of hydrogen-bond acceptors (Lipinski definition) is 3. The van der Waals surface area contributed by atoms with Crippen LogP contribution in [0.4, 0.5) is 0 Å². The lowest BCUT2D eigenvalue weighted by Crippen LogP contribution is -2.48. The molecule has 1 heterocycles. The summed E-state index contributed by atoms with van der Waals surface area (Å²) in [5.74, 6) is 0.348. The van der Waals surface area contributed by atoms with E-state index in [-0.39, 0.29) is 18.5 Å². The van der Waals surface area contributed by atoms with Gasteiger partial charge in [0.2, 0.25) is 0 Å². The summed E-state index contributed by atoms with van der Waals surface area (Å²) in [6.45, 7) is 21.0. The molecule has 0 saturated heterocycles. The molecule has 0 bridgehead atoms. The van der Waals surface area contributed by atoms with Crippen LogP contribution in [0.15, 0.2) is 34.9 Å².